The fourth-order valence-corrected chi connectivity index (χ4v) is 3.44. The summed E-state index contributed by atoms with van der Waals surface area (Å²) in [4.78, 5) is 36.7. The van der Waals surface area contributed by atoms with Crippen molar-refractivity contribution >= 4 is 29.5 Å². The fraction of sp³-hybridized carbons (Fsp3) is 0.0690. The normalized spacial score (nSPS) is 13.7. The van der Waals surface area contributed by atoms with Gasteiger partial charge in [0, 0.05) is 23.8 Å². The Bertz CT molecular complexity index is 1350. The van der Waals surface area contributed by atoms with Gasteiger partial charge < -0.3 is 19.7 Å². The van der Waals surface area contributed by atoms with E-state index in [0.717, 1.165) is 21.6 Å². The number of anilines is 1. The average Bonchev–Trinajstić information content (AvgIpc) is 3.25. The van der Waals surface area contributed by atoms with Gasteiger partial charge in [0.25, 0.3) is 11.8 Å². The van der Waals surface area contributed by atoms with Crippen LogP contribution in [0.15, 0.2) is 103 Å². The lowest BCUT2D eigenvalue weighted by Crippen LogP contribution is -2.29. The molecule has 186 valence electrons. The van der Waals surface area contributed by atoms with E-state index in [4.69, 9.17) is 14.6 Å². The van der Waals surface area contributed by atoms with Crippen LogP contribution in [-0.4, -0.2) is 40.9 Å². The SMILES string of the molecule is C=C(CO)C(O)Oc1ccc(-c2ccc(/C=C/C(=O)Oc3ccc(N4C(=O)C=CC4=O)cc3)cc2)cc1. The summed E-state index contributed by atoms with van der Waals surface area (Å²) in [6.45, 7) is 3.16. The van der Waals surface area contributed by atoms with Crippen molar-refractivity contribution in [3.05, 3.63) is 109 Å². The molecule has 1 aliphatic heterocycles. The zero-order valence-corrected chi connectivity index (χ0v) is 19.6. The predicted octanol–water partition coefficient (Wildman–Crippen LogP) is 3.65. The highest BCUT2D eigenvalue weighted by atomic mass is 16.6. The van der Waals surface area contributed by atoms with Crippen LogP contribution in [0.5, 0.6) is 11.5 Å². The Morgan fingerprint density at radius 3 is 1.97 bits per heavy atom. The molecule has 0 bridgehead atoms. The van der Waals surface area contributed by atoms with E-state index in [1.165, 1.54) is 42.5 Å². The average molecular weight is 498 g/mol. The maximum Gasteiger partial charge on any atom is 0.336 e. The number of carbonyl (C=O) groups is 3. The number of esters is 1. The lowest BCUT2D eigenvalue weighted by atomic mass is 10.0. The minimum Gasteiger partial charge on any atom is -0.461 e. The monoisotopic (exact) mass is 497 g/mol. The van der Waals surface area contributed by atoms with Gasteiger partial charge in [0.15, 0.2) is 0 Å². The summed E-state index contributed by atoms with van der Waals surface area (Å²) in [5.41, 5.74) is 3.22. The van der Waals surface area contributed by atoms with Gasteiger partial charge in [-0.1, -0.05) is 43.0 Å². The molecule has 0 fully saturated rings. The lowest BCUT2D eigenvalue weighted by Gasteiger charge is -2.14. The van der Waals surface area contributed by atoms with E-state index < -0.39 is 24.1 Å². The van der Waals surface area contributed by atoms with Gasteiger partial charge in [-0.3, -0.25) is 9.59 Å². The molecule has 0 radical (unpaired) electrons. The number of rotatable bonds is 9. The molecule has 8 nitrogen and oxygen atoms in total. The Morgan fingerprint density at radius 1 is 0.865 bits per heavy atom. The largest absolute Gasteiger partial charge is 0.461 e. The van der Waals surface area contributed by atoms with Crippen molar-refractivity contribution in [3.63, 3.8) is 0 Å². The quantitative estimate of drug-likeness (QED) is 0.116. The van der Waals surface area contributed by atoms with Crippen molar-refractivity contribution < 1.29 is 34.1 Å². The van der Waals surface area contributed by atoms with Gasteiger partial charge in [0.2, 0.25) is 6.29 Å². The number of carbonyl (C=O) groups excluding carboxylic acids is 3. The summed E-state index contributed by atoms with van der Waals surface area (Å²) in [5.74, 6) is -0.700. The Hall–Kier alpha value is -4.79. The minimum absolute atomic E-state index is 0.167. The second-order valence-corrected chi connectivity index (χ2v) is 8.03. The van der Waals surface area contributed by atoms with Gasteiger partial charge in [-0.25, -0.2) is 9.69 Å². The highest BCUT2D eigenvalue weighted by Gasteiger charge is 2.24. The summed E-state index contributed by atoms with van der Waals surface area (Å²) in [6, 6.07) is 20.7. The Balaban J connectivity index is 1.32. The van der Waals surface area contributed by atoms with Crippen LogP contribution in [0.3, 0.4) is 0 Å². The lowest BCUT2D eigenvalue weighted by molar-refractivity contribution is -0.129. The maximum absolute atomic E-state index is 12.2. The van der Waals surface area contributed by atoms with E-state index in [2.05, 4.69) is 6.58 Å². The molecule has 1 aliphatic rings. The number of benzene rings is 3. The maximum atomic E-state index is 12.2. The van der Waals surface area contributed by atoms with E-state index in [9.17, 15) is 19.5 Å². The van der Waals surface area contributed by atoms with Crippen LogP contribution in [0.4, 0.5) is 5.69 Å². The van der Waals surface area contributed by atoms with Crippen LogP contribution in [0.2, 0.25) is 0 Å². The highest BCUT2D eigenvalue weighted by molar-refractivity contribution is 6.28. The molecule has 0 spiro atoms. The summed E-state index contributed by atoms with van der Waals surface area (Å²) in [5, 5.41) is 18.8. The number of amides is 2. The summed E-state index contributed by atoms with van der Waals surface area (Å²) < 4.78 is 10.6. The first-order valence-corrected chi connectivity index (χ1v) is 11.2. The second kappa shape index (κ2) is 11.3. The molecule has 1 heterocycles. The van der Waals surface area contributed by atoms with Crippen LogP contribution in [0, 0.1) is 0 Å². The molecule has 4 rings (SSSR count). The van der Waals surface area contributed by atoms with Crippen molar-refractivity contribution in [1.82, 2.24) is 0 Å². The van der Waals surface area contributed by atoms with Crippen LogP contribution in [-0.2, 0) is 14.4 Å². The second-order valence-electron chi connectivity index (χ2n) is 8.03. The molecule has 0 aromatic heterocycles. The van der Waals surface area contributed by atoms with Gasteiger partial charge in [0.1, 0.15) is 11.5 Å². The third-order valence-corrected chi connectivity index (χ3v) is 5.43. The van der Waals surface area contributed by atoms with Crippen molar-refractivity contribution in [2.45, 2.75) is 6.29 Å². The minimum atomic E-state index is -1.28. The number of nitrogens with zero attached hydrogens (tertiary/aromatic N) is 1. The standard InChI is InChI=1S/C29H23NO7/c1-19(18-31)29(35)37-25-11-7-22(8-12-25)21-5-2-20(3-6-21)4-17-28(34)36-24-13-9-23(10-14-24)30-26(32)15-16-27(30)33/h2-17,29,31,35H,1,18H2/b17-4+. The van der Waals surface area contributed by atoms with E-state index in [1.54, 1.807) is 18.2 Å². The molecular weight excluding hydrogens is 474 g/mol. The number of hydrogen-bond donors (Lipinski definition) is 2. The van der Waals surface area contributed by atoms with Gasteiger partial charge >= 0.3 is 5.97 Å². The molecule has 0 aliphatic carbocycles. The predicted molar refractivity (Wildman–Crippen MR) is 137 cm³/mol. The number of aliphatic hydroxyl groups is 2. The van der Waals surface area contributed by atoms with Crippen molar-refractivity contribution in [2.75, 3.05) is 11.5 Å². The number of aliphatic hydroxyl groups excluding tert-OH is 2. The van der Waals surface area contributed by atoms with Crippen LogP contribution in [0.1, 0.15) is 5.56 Å². The molecule has 3 aromatic carbocycles. The first kappa shape index (κ1) is 25.3. The fourth-order valence-electron chi connectivity index (χ4n) is 3.44. The zero-order valence-electron chi connectivity index (χ0n) is 19.6. The molecular formula is C29H23NO7. The molecule has 1 atom stereocenters. The summed E-state index contributed by atoms with van der Waals surface area (Å²) in [6.07, 6.45) is 4.05. The Labute approximate surface area is 213 Å². The van der Waals surface area contributed by atoms with Crippen LogP contribution >= 0.6 is 0 Å². The van der Waals surface area contributed by atoms with E-state index >= 15 is 0 Å². The molecule has 2 amide bonds. The first-order chi connectivity index (χ1) is 17.8. The van der Waals surface area contributed by atoms with Crippen LogP contribution in [0.25, 0.3) is 17.2 Å². The molecule has 0 saturated carbocycles. The van der Waals surface area contributed by atoms with E-state index in [-0.39, 0.29) is 17.9 Å². The molecule has 1 unspecified atom stereocenters. The molecule has 8 heteroatoms. The van der Waals surface area contributed by atoms with Crippen molar-refractivity contribution in [1.29, 1.82) is 0 Å². The van der Waals surface area contributed by atoms with E-state index in [1.807, 2.05) is 36.4 Å². The van der Waals surface area contributed by atoms with Crippen LogP contribution < -0.4 is 14.4 Å². The van der Waals surface area contributed by atoms with Gasteiger partial charge in [-0.05, 0) is 59.2 Å². The third-order valence-electron chi connectivity index (χ3n) is 5.43. The first-order valence-electron chi connectivity index (χ1n) is 11.2. The number of ether oxygens (including phenoxy) is 2. The van der Waals surface area contributed by atoms with Crippen molar-refractivity contribution in [2.24, 2.45) is 0 Å². The smallest absolute Gasteiger partial charge is 0.336 e. The summed E-state index contributed by atoms with van der Waals surface area (Å²) in [7, 11) is 0. The summed E-state index contributed by atoms with van der Waals surface area (Å²) >= 11 is 0. The molecule has 0 saturated heterocycles. The molecule has 3 aromatic rings. The van der Waals surface area contributed by atoms with E-state index in [0.29, 0.717) is 11.4 Å². The van der Waals surface area contributed by atoms with Gasteiger partial charge in [-0.2, -0.15) is 0 Å². The highest BCUT2D eigenvalue weighted by Crippen LogP contribution is 2.25. The Kier molecular flexibility index (Phi) is 7.73. The van der Waals surface area contributed by atoms with Crippen molar-refractivity contribution in [3.8, 4) is 22.6 Å². The Morgan fingerprint density at radius 2 is 1.41 bits per heavy atom. The molecule has 37 heavy (non-hydrogen) atoms. The third kappa shape index (κ3) is 6.26. The van der Waals surface area contributed by atoms with Gasteiger partial charge in [-0.15, -0.1) is 0 Å². The zero-order chi connectivity index (χ0) is 26.4. The molecule has 2 N–H and O–H groups in total. The van der Waals surface area contributed by atoms with Gasteiger partial charge in [0.05, 0.1) is 12.3 Å². The topological polar surface area (TPSA) is 113 Å². The number of hydrogen-bond acceptors (Lipinski definition) is 7. The number of imide groups is 1.